The molecule has 0 bridgehead atoms. The van der Waals surface area contributed by atoms with Crippen molar-refractivity contribution in [2.24, 2.45) is 0 Å². The van der Waals surface area contributed by atoms with Crippen LogP contribution in [0.25, 0.3) is 6.08 Å². The minimum Gasteiger partial charge on any atom is -0.307 e. The first kappa shape index (κ1) is 21.2. The van der Waals surface area contributed by atoms with E-state index in [0.29, 0.717) is 5.82 Å². The van der Waals surface area contributed by atoms with Gasteiger partial charge in [0.1, 0.15) is 5.82 Å². The summed E-state index contributed by atoms with van der Waals surface area (Å²) in [6.45, 7) is 5.29. The minimum absolute atomic E-state index is 0.180. The number of likely N-dealkylation sites (tertiary alicyclic amines) is 1. The number of amides is 1. The Morgan fingerprint density at radius 1 is 1.21 bits per heavy atom. The molecule has 1 aliphatic rings. The van der Waals surface area contributed by atoms with E-state index in [1.54, 1.807) is 30.5 Å². The third kappa shape index (κ3) is 5.31. The summed E-state index contributed by atoms with van der Waals surface area (Å²) >= 11 is 0. The quantitative estimate of drug-likeness (QED) is 0.673. The summed E-state index contributed by atoms with van der Waals surface area (Å²) in [5.41, 5.74) is 0.732. The lowest BCUT2D eigenvalue weighted by Gasteiger charge is -2.31. The number of piperidine rings is 1. The van der Waals surface area contributed by atoms with Crippen molar-refractivity contribution in [1.82, 2.24) is 19.4 Å². The molecule has 0 radical (unpaired) electrons. The Morgan fingerprint density at radius 2 is 1.90 bits per heavy atom. The molecule has 2 heterocycles. The Kier molecular flexibility index (Phi) is 6.83. The Balaban J connectivity index is 1.61. The highest BCUT2D eigenvalue weighted by Gasteiger charge is 2.22. The van der Waals surface area contributed by atoms with Crippen LogP contribution in [0.2, 0.25) is 0 Å². The van der Waals surface area contributed by atoms with E-state index in [-0.39, 0.29) is 16.8 Å². The van der Waals surface area contributed by atoms with Crippen LogP contribution in [0.3, 0.4) is 0 Å². The Hall–Kier alpha value is -2.49. The second kappa shape index (κ2) is 9.34. The molecule has 156 valence electrons. The molecule has 0 aliphatic carbocycles. The molecule has 2 aromatic rings. The highest BCUT2D eigenvalue weighted by atomic mass is 32.2. The number of hydrogen-bond donors (Lipinski definition) is 2. The third-order valence-corrected chi connectivity index (χ3v) is 6.59. The van der Waals surface area contributed by atoms with Gasteiger partial charge in [-0.2, -0.15) is 5.10 Å². The number of nitrogens with one attached hydrogen (secondary N) is 2. The summed E-state index contributed by atoms with van der Waals surface area (Å²) < 4.78 is 27.7. The number of carbonyl (C=O) groups excluding carboxylic acids is 1. The minimum atomic E-state index is -3.47. The summed E-state index contributed by atoms with van der Waals surface area (Å²) in [6, 6.07) is 8.39. The molecular formula is C20H27N5O3S. The highest BCUT2D eigenvalue weighted by Crippen LogP contribution is 2.25. The zero-order valence-corrected chi connectivity index (χ0v) is 17.5. The maximum absolute atomic E-state index is 12.3. The molecule has 1 aromatic heterocycles. The molecule has 0 spiro atoms. The molecule has 2 N–H and O–H groups in total. The normalized spacial score (nSPS) is 16.3. The molecule has 3 rings (SSSR count). The van der Waals surface area contributed by atoms with Gasteiger partial charge in [-0.15, -0.1) is 0 Å². The van der Waals surface area contributed by atoms with Gasteiger partial charge >= 0.3 is 0 Å². The van der Waals surface area contributed by atoms with Crippen LogP contribution >= 0.6 is 0 Å². The second-order valence-electron chi connectivity index (χ2n) is 6.93. The number of sulfonamides is 1. The van der Waals surface area contributed by atoms with Crippen LogP contribution in [-0.4, -0.2) is 55.7 Å². The largest absolute Gasteiger partial charge is 0.307 e. The van der Waals surface area contributed by atoms with E-state index in [1.165, 1.54) is 25.3 Å². The van der Waals surface area contributed by atoms with Crippen molar-refractivity contribution in [1.29, 1.82) is 0 Å². The lowest BCUT2D eigenvalue weighted by molar-refractivity contribution is -0.111. The third-order valence-electron chi connectivity index (χ3n) is 5.16. The average molecular weight is 418 g/mol. The van der Waals surface area contributed by atoms with E-state index in [9.17, 15) is 13.2 Å². The first-order valence-electron chi connectivity index (χ1n) is 9.71. The summed E-state index contributed by atoms with van der Waals surface area (Å²) in [5.74, 6) is 0.426. The first-order chi connectivity index (χ1) is 13.9. The number of hydrogen-bond acceptors (Lipinski definition) is 5. The molecule has 1 aliphatic heterocycles. The number of carbonyl (C=O) groups is 1. The first-order valence-corrected chi connectivity index (χ1v) is 11.2. The van der Waals surface area contributed by atoms with Crippen LogP contribution in [-0.2, 0) is 14.8 Å². The van der Waals surface area contributed by atoms with Crippen LogP contribution in [0.15, 0.2) is 47.5 Å². The summed E-state index contributed by atoms with van der Waals surface area (Å²) in [5, 5.41) is 7.28. The van der Waals surface area contributed by atoms with E-state index in [0.717, 1.165) is 38.0 Å². The van der Waals surface area contributed by atoms with Gasteiger partial charge in [-0.1, -0.05) is 19.1 Å². The van der Waals surface area contributed by atoms with Crippen molar-refractivity contribution in [3.8, 4) is 0 Å². The molecule has 1 amide bonds. The van der Waals surface area contributed by atoms with Crippen molar-refractivity contribution in [3.63, 3.8) is 0 Å². The average Bonchev–Trinajstić information content (AvgIpc) is 3.20. The van der Waals surface area contributed by atoms with Gasteiger partial charge in [0, 0.05) is 25.2 Å². The molecule has 29 heavy (non-hydrogen) atoms. The topological polar surface area (TPSA) is 96.3 Å². The number of benzene rings is 1. The molecule has 1 saturated heterocycles. The lowest BCUT2D eigenvalue weighted by Crippen LogP contribution is -2.35. The lowest BCUT2D eigenvalue weighted by atomic mass is 10.1. The van der Waals surface area contributed by atoms with Gasteiger partial charge in [0.15, 0.2) is 0 Å². The number of rotatable bonds is 7. The molecule has 0 saturated carbocycles. The van der Waals surface area contributed by atoms with E-state index in [1.807, 2.05) is 4.68 Å². The van der Waals surface area contributed by atoms with E-state index < -0.39 is 10.0 Å². The Bertz CT molecular complexity index is 958. The van der Waals surface area contributed by atoms with Crippen molar-refractivity contribution in [2.75, 3.05) is 32.0 Å². The second-order valence-corrected chi connectivity index (χ2v) is 8.81. The van der Waals surface area contributed by atoms with Gasteiger partial charge in [0.05, 0.1) is 17.1 Å². The van der Waals surface area contributed by atoms with Crippen molar-refractivity contribution < 1.29 is 13.2 Å². The van der Waals surface area contributed by atoms with Gasteiger partial charge in [-0.05, 0) is 50.2 Å². The summed E-state index contributed by atoms with van der Waals surface area (Å²) in [7, 11) is -2.10. The van der Waals surface area contributed by atoms with E-state index in [2.05, 4.69) is 27.0 Å². The van der Waals surface area contributed by atoms with Gasteiger partial charge in [-0.25, -0.2) is 17.8 Å². The standard InChI is InChI=1S/C20H27N5O3S/c1-3-24-14-11-17(12-15-24)25-19(10-13-22-25)23-20(26)9-6-16-4-7-18(8-5-16)29(27,28)21-2/h4-10,13,17,21H,3,11-12,14-15H2,1-2H3,(H,23,26)/b9-6+. The molecule has 1 aromatic carbocycles. The fourth-order valence-electron chi connectivity index (χ4n) is 3.40. The fraction of sp³-hybridized carbons (Fsp3) is 0.400. The van der Waals surface area contributed by atoms with Gasteiger partial charge in [-0.3, -0.25) is 4.79 Å². The predicted molar refractivity (Wildman–Crippen MR) is 113 cm³/mol. The van der Waals surface area contributed by atoms with Gasteiger partial charge in [0.2, 0.25) is 15.9 Å². The van der Waals surface area contributed by atoms with Crippen LogP contribution in [0.5, 0.6) is 0 Å². The van der Waals surface area contributed by atoms with Gasteiger partial charge < -0.3 is 10.2 Å². The van der Waals surface area contributed by atoms with Crippen molar-refractivity contribution >= 4 is 27.8 Å². The molecule has 8 nitrogen and oxygen atoms in total. The fourth-order valence-corrected chi connectivity index (χ4v) is 4.13. The van der Waals surface area contributed by atoms with Crippen LogP contribution < -0.4 is 10.0 Å². The summed E-state index contributed by atoms with van der Waals surface area (Å²) in [6.07, 6.45) is 6.79. The molecule has 9 heteroatoms. The molecule has 0 unspecified atom stereocenters. The van der Waals surface area contributed by atoms with Crippen LogP contribution in [0.4, 0.5) is 5.82 Å². The molecular weight excluding hydrogens is 390 g/mol. The highest BCUT2D eigenvalue weighted by molar-refractivity contribution is 7.89. The zero-order valence-electron chi connectivity index (χ0n) is 16.7. The van der Waals surface area contributed by atoms with Crippen LogP contribution in [0.1, 0.15) is 31.4 Å². The van der Waals surface area contributed by atoms with Crippen molar-refractivity contribution in [2.45, 2.75) is 30.7 Å². The van der Waals surface area contributed by atoms with Crippen molar-refractivity contribution in [3.05, 3.63) is 48.2 Å². The summed E-state index contributed by atoms with van der Waals surface area (Å²) in [4.78, 5) is 14.9. The number of nitrogens with zero attached hydrogens (tertiary/aromatic N) is 3. The predicted octanol–water partition coefficient (Wildman–Crippen LogP) is 2.10. The van der Waals surface area contributed by atoms with Crippen LogP contribution in [0, 0.1) is 0 Å². The van der Waals surface area contributed by atoms with E-state index in [4.69, 9.17) is 0 Å². The Morgan fingerprint density at radius 3 is 2.52 bits per heavy atom. The molecule has 1 fully saturated rings. The smallest absolute Gasteiger partial charge is 0.249 e. The zero-order chi connectivity index (χ0) is 20.9. The molecule has 0 atom stereocenters. The van der Waals surface area contributed by atoms with E-state index >= 15 is 0 Å². The maximum atomic E-state index is 12.3. The monoisotopic (exact) mass is 417 g/mol. The number of aromatic nitrogens is 2. The Labute approximate surface area is 171 Å². The maximum Gasteiger partial charge on any atom is 0.249 e. The van der Waals surface area contributed by atoms with Gasteiger partial charge in [0.25, 0.3) is 0 Å². The number of anilines is 1. The SMILES string of the molecule is CCN1CCC(n2nccc2NC(=O)/C=C/c2ccc(S(=O)(=O)NC)cc2)CC1.